The van der Waals surface area contributed by atoms with Crippen LogP contribution in [0.2, 0.25) is 0 Å². The third-order valence-electron chi connectivity index (χ3n) is 1.98. The number of carboxylic acid groups (broad SMARTS) is 1. The molecule has 2 heterocycles. The standard InChI is InChI=1S/C10H10N2O2S/c1-2-15-9-8(10(13)14)12-6-4-3-5-7(12)11-9/h3-6H,2H2,1H3,(H,13,14). The molecule has 0 aliphatic heterocycles. The number of hydrogen-bond donors (Lipinski definition) is 1. The summed E-state index contributed by atoms with van der Waals surface area (Å²) in [5.74, 6) is -0.130. The topological polar surface area (TPSA) is 54.6 Å². The Morgan fingerprint density at radius 3 is 3.07 bits per heavy atom. The second kappa shape index (κ2) is 3.94. The summed E-state index contributed by atoms with van der Waals surface area (Å²) in [5, 5.41) is 9.68. The first kappa shape index (κ1) is 10.0. The minimum absolute atomic E-state index is 0.248. The van der Waals surface area contributed by atoms with Crippen molar-refractivity contribution >= 4 is 23.4 Å². The van der Waals surface area contributed by atoms with Gasteiger partial charge in [-0.2, -0.15) is 0 Å². The minimum atomic E-state index is -0.940. The fourth-order valence-electron chi connectivity index (χ4n) is 1.41. The lowest BCUT2D eigenvalue weighted by molar-refractivity contribution is 0.0685. The monoisotopic (exact) mass is 222 g/mol. The maximum absolute atomic E-state index is 11.1. The van der Waals surface area contributed by atoms with E-state index in [0.29, 0.717) is 10.7 Å². The first-order valence-corrected chi connectivity index (χ1v) is 5.55. The van der Waals surface area contributed by atoms with Crippen LogP contribution in [0.25, 0.3) is 5.65 Å². The van der Waals surface area contributed by atoms with E-state index in [9.17, 15) is 4.79 Å². The van der Waals surface area contributed by atoms with Crippen LogP contribution in [0.15, 0.2) is 29.4 Å². The summed E-state index contributed by atoms with van der Waals surface area (Å²) in [7, 11) is 0. The zero-order valence-corrected chi connectivity index (χ0v) is 8.99. The van der Waals surface area contributed by atoms with E-state index in [1.165, 1.54) is 11.8 Å². The van der Waals surface area contributed by atoms with E-state index in [4.69, 9.17) is 5.11 Å². The quantitative estimate of drug-likeness (QED) is 0.808. The smallest absolute Gasteiger partial charge is 0.355 e. The summed E-state index contributed by atoms with van der Waals surface area (Å²) < 4.78 is 1.60. The number of rotatable bonds is 3. The average molecular weight is 222 g/mol. The minimum Gasteiger partial charge on any atom is -0.476 e. The lowest BCUT2D eigenvalue weighted by Gasteiger charge is -1.97. The van der Waals surface area contributed by atoms with E-state index in [1.54, 1.807) is 22.7 Å². The van der Waals surface area contributed by atoms with Crippen LogP contribution in [0.5, 0.6) is 0 Å². The normalized spacial score (nSPS) is 10.7. The van der Waals surface area contributed by atoms with Gasteiger partial charge in [-0.15, -0.1) is 11.8 Å². The van der Waals surface area contributed by atoms with Crippen molar-refractivity contribution in [2.45, 2.75) is 11.9 Å². The van der Waals surface area contributed by atoms with Crippen molar-refractivity contribution in [2.24, 2.45) is 0 Å². The van der Waals surface area contributed by atoms with Gasteiger partial charge < -0.3 is 5.11 Å². The van der Waals surface area contributed by atoms with Crippen molar-refractivity contribution in [3.05, 3.63) is 30.1 Å². The molecule has 0 radical (unpaired) electrons. The Balaban J connectivity index is 2.69. The van der Waals surface area contributed by atoms with Crippen molar-refractivity contribution in [1.29, 1.82) is 0 Å². The maximum Gasteiger partial charge on any atom is 0.355 e. The number of imidazole rings is 1. The van der Waals surface area contributed by atoms with Gasteiger partial charge in [-0.3, -0.25) is 4.40 Å². The molecule has 2 aromatic rings. The molecule has 2 rings (SSSR count). The Morgan fingerprint density at radius 2 is 2.40 bits per heavy atom. The fourth-order valence-corrected chi connectivity index (χ4v) is 2.16. The third kappa shape index (κ3) is 1.70. The molecule has 0 saturated heterocycles. The summed E-state index contributed by atoms with van der Waals surface area (Å²) in [4.78, 5) is 15.4. The van der Waals surface area contributed by atoms with Crippen molar-refractivity contribution in [3.8, 4) is 0 Å². The number of aromatic nitrogens is 2. The van der Waals surface area contributed by atoms with E-state index in [-0.39, 0.29) is 5.69 Å². The second-order valence-electron chi connectivity index (χ2n) is 2.93. The van der Waals surface area contributed by atoms with Gasteiger partial charge in [0.25, 0.3) is 0 Å². The van der Waals surface area contributed by atoms with Gasteiger partial charge in [0.2, 0.25) is 0 Å². The zero-order valence-electron chi connectivity index (χ0n) is 8.17. The molecule has 0 fully saturated rings. The predicted molar refractivity (Wildman–Crippen MR) is 58.5 cm³/mol. The van der Waals surface area contributed by atoms with E-state index < -0.39 is 5.97 Å². The first-order valence-electron chi connectivity index (χ1n) is 4.57. The third-order valence-corrected chi connectivity index (χ3v) is 2.83. The Labute approximate surface area is 90.9 Å². The number of fused-ring (bicyclic) bond motifs is 1. The molecule has 4 nitrogen and oxygen atoms in total. The van der Waals surface area contributed by atoms with Gasteiger partial charge in [0, 0.05) is 6.20 Å². The molecule has 0 bridgehead atoms. The Morgan fingerprint density at radius 1 is 1.60 bits per heavy atom. The van der Waals surface area contributed by atoms with E-state index in [2.05, 4.69) is 4.98 Å². The summed E-state index contributed by atoms with van der Waals surface area (Å²) >= 11 is 1.44. The molecule has 0 aromatic carbocycles. The highest BCUT2D eigenvalue weighted by Gasteiger charge is 2.17. The molecular formula is C10H10N2O2S. The van der Waals surface area contributed by atoms with Crippen LogP contribution in [-0.4, -0.2) is 26.2 Å². The number of nitrogens with zero attached hydrogens (tertiary/aromatic N) is 2. The summed E-state index contributed by atoms with van der Waals surface area (Å²) in [6.07, 6.45) is 1.71. The van der Waals surface area contributed by atoms with Gasteiger partial charge in [-0.25, -0.2) is 9.78 Å². The van der Waals surface area contributed by atoms with Crippen molar-refractivity contribution in [1.82, 2.24) is 9.38 Å². The van der Waals surface area contributed by atoms with Crippen LogP contribution >= 0.6 is 11.8 Å². The van der Waals surface area contributed by atoms with Crippen LogP contribution in [0.4, 0.5) is 0 Å². The number of carbonyl (C=O) groups is 1. The van der Waals surface area contributed by atoms with Gasteiger partial charge in [-0.05, 0) is 17.9 Å². The lowest BCUT2D eigenvalue weighted by Crippen LogP contribution is -2.02. The van der Waals surface area contributed by atoms with Gasteiger partial charge in [-0.1, -0.05) is 13.0 Å². The molecular weight excluding hydrogens is 212 g/mol. The van der Waals surface area contributed by atoms with Crippen molar-refractivity contribution < 1.29 is 9.90 Å². The van der Waals surface area contributed by atoms with E-state index >= 15 is 0 Å². The molecule has 5 heteroatoms. The molecule has 0 aliphatic carbocycles. The van der Waals surface area contributed by atoms with Crippen molar-refractivity contribution in [3.63, 3.8) is 0 Å². The molecule has 0 amide bonds. The Bertz CT molecular complexity index is 507. The highest BCUT2D eigenvalue weighted by atomic mass is 32.2. The SMILES string of the molecule is CCSc1nc2ccccn2c1C(=O)O. The Kier molecular flexibility index (Phi) is 2.64. The highest BCUT2D eigenvalue weighted by Crippen LogP contribution is 2.23. The Hall–Kier alpha value is -1.49. The van der Waals surface area contributed by atoms with Crippen LogP contribution < -0.4 is 0 Å². The van der Waals surface area contributed by atoms with E-state index in [1.807, 2.05) is 13.0 Å². The van der Waals surface area contributed by atoms with Crippen LogP contribution in [0.3, 0.4) is 0 Å². The number of carboxylic acids is 1. The summed E-state index contributed by atoms with van der Waals surface area (Å²) in [6.45, 7) is 1.97. The zero-order chi connectivity index (χ0) is 10.8. The summed E-state index contributed by atoms with van der Waals surface area (Å²) in [5.41, 5.74) is 0.920. The fraction of sp³-hybridized carbons (Fsp3) is 0.200. The highest BCUT2D eigenvalue weighted by molar-refractivity contribution is 7.99. The maximum atomic E-state index is 11.1. The number of hydrogen-bond acceptors (Lipinski definition) is 3. The summed E-state index contributed by atoms with van der Waals surface area (Å²) in [6, 6.07) is 5.43. The molecule has 15 heavy (non-hydrogen) atoms. The molecule has 0 unspecified atom stereocenters. The number of aromatic carboxylic acids is 1. The molecule has 2 aromatic heterocycles. The first-order chi connectivity index (χ1) is 7.24. The molecule has 0 atom stereocenters. The average Bonchev–Trinajstić information content (AvgIpc) is 2.56. The molecule has 0 spiro atoms. The van der Waals surface area contributed by atoms with Gasteiger partial charge in [0.05, 0.1) is 0 Å². The number of pyridine rings is 1. The largest absolute Gasteiger partial charge is 0.476 e. The predicted octanol–water partition coefficient (Wildman–Crippen LogP) is 2.14. The van der Waals surface area contributed by atoms with Gasteiger partial charge in [0.15, 0.2) is 5.69 Å². The molecule has 1 N–H and O–H groups in total. The lowest BCUT2D eigenvalue weighted by atomic mass is 10.4. The molecule has 78 valence electrons. The van der Waals surface area contributed by atoms with Crippen LogP contribution in [-0.2, 0) is 0 Å². The molecule has 0 saturated carbocycles. The van der Waals surface area contributed by atoms with Crippen LogP contribution in [0, 0.1) is 0 Å². The van der Waals surface area contributed by atoms with Gasteiger partial charge >= 0.3 is 5.97 Å². The number of thioether (sulfide) groups is 1. The second-order valence-corrected chi connectivity index (χ2v) is 4.19. The molecule has 0 aliphatic rings. The van der Waals surface area contributed by atoms with Gasteiger partial charge in [0.1, 0.15) is 10.7 Å². The van der Waals surface area contributed by atoms with Crippen LogP contribution in [0.1, 0.15) is 17.4 Å². The van der Waals surface area contributed by atoms with Crippen molar-refractivity contribution in [2.75, 3.05) is 5.75 Å². The van der Waals surface area contributed by atoms with E-state index in [0.717, 1.165) is 5.75 Å².